The van der Waals surface area contributed by atoms with Gasteiger partial charge >= 0.3 is 0 Å². The Hall–Kier alpha value is -0.153. The fourth-order valence-electron chi connectivity index (χ4n) is 1.93. The van der Waals surface area contributed by atoms with Gasteiger partial charge in [0.2, 0.25) is 0 Å². The summed E-state index contributed by atoms with van der Waals surface area (Å²) in [5.74, 6) is 1.09. The maximum Gasteiger partial charge on any atom is 0.192 e. The number of Topliss-reactive ketones (excluding diaryl/α,β-unsaturated/α-hetero) is 1. The summed E-state index contributed by atoms with van der Waals surface area (Å²) in [6.07, 6.45) is 1.28. The highest BCUT2D eigenvalue weighted by molar-refractivity contribution is 6.74. The average Bonchev–Trinajstić information content (AvgIpc) is 2.78. The highest BCUT2D eigenvalue weighted by Gasteiger charge is 2.48. The fraction of sp³-hybridized carbons (Fsp3) is 0.923. The standard InChI is InChI=1S/C13H26O2Si/c1-9(14)11-8-12(11)10(2)15-16(6,7)13(3,4)5/h10-12H,8H2,1-7H3/t10-,11+,12+/m0/s1. The molecule has 0 aromatic carbocycles. The summed E-state index contributed by atoms with van der Waals surface area (Å²) in [6, 6.07) is 0. The molecule has 0 heterocycles. The molecule has 0 amide bonds. The molecular weight excluding hydrogens is 216 g/mol. The second-order valence-electron chi connectivity index (χ2n) is 6.70. The molecule has 3 atom stereocenters. The lowest BCUT2D eigenvalue weighted by Gasteiger charge is -2.38. The van der Waals surface area contributed by atoms with Crippen LogP contribution >= 0.6 is 0 Å². The van der Waals surface area contributed by atoms with Crippen LogP contribution in [0.4, 0.5) is 0 Å². The van der Waals surface area contributed by atoms with Gasteiger partial charge < -0.3 is 4.43 Å². The van der Waals surface area contributed by atoms with E-state index in [-0.39, 0.29) is 17.1 Å². The lowest BCUT2D eigenvalue weighted by atomic mass is 10.2. The Bertz CT molecular complexity index is 278. The van der Waals surface area contributed by atoms with E-state index in [1.54, 1.807) is 6.92 Å². The topological polar surface area (TPSA) is 26.3 Å². The minimum absolute atomic E-state index is 0.245. The first-order chi connectivity index (χ1) is 7.06. The molecule has 0 spiro atoms. The summed E-state index contributed by atoms with van der Waals surface area (Å²) in [6.45, 7) is 15.1. The number of hydrogen-bond acceptors (Lipinski definition) is 2. The Morgan fingerprint density at radius 3 is 2.19 bits per heavy atom. The first kappa shape index (κ1) is 13.9. The van der Waals surface area contributed by atoms with Crippen LogP contribution in [0.3, 0.4) is 0 Å². The van der Waals surface area contributed by atoms with Gasteiger partial charge in [-0.15, -0.1) is 0 Å². The number of carbonyl (C=O) groups excluding carboxylic acids is 1. The van der Waals surface area contributed by atoms with E-state index in [4.69, 9.17) is 4.43 Å². The van der Waals surface area contributed by atoms with Gasteiger partial charge in [-0.3, -0.25) is 4.79 Å². The van der Waals surface area contributed by atoms with Crippen LogP contribution in [0.25, 0.3) is 0 Å². The molecule has 0 radical (unpaired) electrons. The van der Waals surface area contributed by atoms with Crippen molar-refractivity contribution in [3.63, 3.8) is 0 Å². The van der Waals surface area contributed by atoms with Crippen molar-refractivity contribution in [1.29, 1.82) is 0 Å². The number of rotatable bonds is 4. The largest absolute Gasteiger partial charge is 0.414 e. The molecule has 0 saturated heterocycles. The summed E-state index contributed by atoms with van der Waals surface area (Å²) in [5, 5.41) is 0.252. The van der Waals surface area contributed by atoms with Crippen molar-refractivity contribution in [3.05, 3.63) is 0 Å². The monoisotopic (exact) mass is 242 g/mol. The van der Waals surface area contributed by atoms with Gasteiger partial charge in [0.15, 0.2) is 8.32 Å². The van der Waals surface area contributed by atoms with E-state index in [0.717, 1.165) is 6.42 Å². The van der Waals surface area contributed by atoms with Gasteiger partial charge in [-0.1, -0.05) is 20.8 Å². The molecule has 1 aliphatic rings. The van der Waals surface area contributed by atoms with E-state index < -0.39 is 8.32 Å². The second-order valence-corrected chi connectivity index (χ2v) is 11.5. The minimum atomic E-state index is -1.67. The van der Waals surface area contributed by atoms with E-state index in [0.29, 0.717) is 11.7 Å². The molecule has 0 aromatic heterocycles. The van der Waals surface area contributed by atoms with E-state index in [2.05, 4.69) is 40.8 Å². The summed E-state index contributed by atoms with van der Waals surface area (Å²) >= 11 is 0. The fourth-order valence-corrected chi connectivity index (χ4v) is 3.39. The second kappa shape index (κ2) is 4.26. The highest BCUT2D eigenvalue weighted by atomic mass is 28.4. The predicted molar refractivity (Wildman–Crippen MR) is 70.0 cm³/mol. The molecule has 1 saturated carbocycles. The van der Waals surface area contributed by atoms with E-state index in [1.165, 1.54) is 0 Å². The summed E-state index contributed by atoms with van der Waals surface area (Å²) < 4.78 is 6.29. The SMILES string of the molecule is CC(=O)[C@H]1C[C@@H]1[C@H](C)O[Si](C)(C)C(C)(C)C. The minimum Gasteiger partial charge on any atom is -0.414 e. The molecule has 0 bridgehead atoms. The van der Waals surface area contributed by atoms with Gasteiger partial charge in [0.1, 0.15) is 5.78 Å². The first-order valence-electron chi connectivity index (χ1n) is 6.24. The lowest BCUT2D eigenvalue weighted by Crippen LogP contribution is -2.44. The van der Waals surface area contributed by atoms with Crippen LogP contribution in [-0.2, 0) is 9.22 Å². The summed E-state index contributed by atoms with van der Waals surface area (Å²) in [7, 11) is -1.67. The van der Waals surface area contributed by atoms with E-state index >= 15 is 0 Å². The molecule has 2 nitrogen and oxygen atoms in total. The van der Waals surface area contributed by atoms with Crippen LogP contribution in [0, 0.1) is 11.8 Å². The van der Waals surface area contributed by atoms with Crippen molar-refractivity contribution in [1.82, 2.24) is 0 Å². The van der Waals surface area contributed by atoms with Gasteiger partial charge in [0.05, 0.1) is 0 Å². The van der Waals surface area contributed by atoms with Gasteiger partial charge in [-0.05, 0) is 44.3 Å². The summed E-state index contributed by atoms with van der Waals surface area (Å²) in [5.41, 5.74) is 0. The Kier molecular flexibility index (Phi) is 3.70. The molecule has 0 unspecified atom stereocenters. The summed E-state index contributed by atoms with van der Waals surface area (Å²) in [4.78, 5) is 11.2. The van der Waals surface area contributed by atoms with Crippen molar-refractivity contribution in [3.8, 4) is 0 Å². The Morgan fingerprint density at radius 2 is 1.88 bits per heavy atom. The van der Waals surface area contributed by atoms with Crippen LogP contribution in [0.2, 0.25) is 18.1 Å². The number of hydrogen-bond donors (Lipinski definition) is 0. The molecule has 1 rings (SSSR count). The molecule has 0 aliphatic heterocycles. The zero-order valence-electron chi connectivity index (χ0n) is 11.8. The normalized spacial score (nSPS) is 27.7. The van der Waals surface area contributed by atoms with Crippen LogP contribution in [0.15, 0.2) is 0 Å². The molecule has 0 N–H and O–H groups in total. The molecule has 1 aliphatic carbocycles. The third-order valence-corrected chi connectivity index (χ3v) is 8.83. The smallest absolute Gasteiger partial charge is 0.192 e. The maximum atomic E-state index is 11.2. The molecule has 1 fully saturated rings. The van der Waals surface area contributed by atoms with Crippen molar-refractivity contribution in [2.45, 2.75) is 65.3 Å². The van der Waals surface area contributed by atoms with Crippen molar-refractivity contribution < 1.29 is 9.22 Å². The molecule has 0 aromatic rings. The predicted octanol–water partition coefficient (Wildman–Crippen LogP) is 3.62. The van der Waals surface area contributed by atoms with Crippen LogP contribution in [-0.4, -0.2) is 20.2 Å². The molecule has 94 valence electrons. The number of carbonyl (C=O) groups is 1. The van der Waals surface area contributed by atoms with Gasteiger partial charge in [-0.2, -0.15) is 0 Å². The van der Waals surface area contributed by atoms with E-state index in [1.807, 2.05) is 0 Å². The van der Waals surface area contributed by atoms with Crippen molar-refractivity contribution >= 4 is 14.1 Å². The Labute approximate surface area is 101 Å². The van der Waals surface area contributed by atoms with Crippen molar-refractivity contribution in [2.75, 3.05) is 0 Å². The molecule has 16 heavy (non-hydrogen) atoms. The Balaban J connectivity index is 2.53. The molecular formula is C13H26O2Si. The Morgan fingerprint density at radius 1 is 1.38 bits per heavy atom. The zero-order valence-corrected chi connectivity index (χ0v) is 12.8. The van der Waals surface area contributed by atoms with Gasteiger partial charge in [0.25, 0.3) is 0 Å². The zero-order chi connectivity index (χ0) is 12.7. The lowest BCUT2D eigenvalue weighted by molar-refractivity contribution is -0.118. The maximum absolute atomic E-state index is 11.2. The van der Waals surface area contributed by atoms with Gasteiger partial charge in [0, 0.05) is 12.0 Å². The number of ketones is 1. The van der Waals surface area contributed by atoms with Gasteiger partial charge in [-0.25, -0.2) is 0 Å². The first-order valence-corrected chi connectivity index (χ1v) is 9.15. The van der Waals surface area contributed by atoms with Crippen molar-refractivity contribution in [2.24, 2.45) is 11.8 Å². The average molecular weight is 242 g/mol. The highest BCUT2D eigenvalue weighted by Crippen LogP contribution is 2.46. The third-order valence-electron chi connectivity index (χ3n) is 4.25. The van der Waals surface area contributed by atoms with Crippen LogP contribution in [0.1, 0.15) is 41.0 Å². The third kappa shape index (κ3) is 2.95. The quantitative estimate of drug-likeness (QED) is 0.704. The van der Waals surface area contributed by atoms with Crippen LogP contribution < -0.4 is 0 Å². The van der Waals surface area contributed by atoms with E-state index in [9.17, 15) is 4.79 Å². The van der Waals surface area contributed by atoms with Crippen LogP contribution in [0.5, 0.6) is 0 Å². The molecule has 3 heteroatoms.